The topological polar surface area (TPSA) is 49.3 Å². The van der Waals surface area contributed by atoms with Gasteiger partial charge in [-0.25, -0.2) is 0 Å². The molecular weight excluding hydrogens is 294 g/mol. The number of rotatable bonds is 8. The van der Waals surface area contributed by atoms with Crippen LogP contribution in [0.15, 0.2) is 24.3 Å². The van der Waals surface area contributed by atoms with Gasteiger partial charge < -0.3 is 10.4 Å². The van der Waals surface area contributed by atoms with Gasteiger partial charge in [0.1, 0.15) is 0 Å². The molecule has 20 heavy (non-hydrogen) atoms. The van der Waals surface area contributed by atoms with Crippen LogP contribution in [-0.2, 0) is 10.5 Å². The number of carbonyl (C=O) groups is 1. The molecule has 2 atom stereocenters. The Bertz CT molecular complexity index is 426. The summed E-state index contributed by atoms with van der Waals surface area (Å²) in [6.07, 6.45) is 0.384. The van der Waals surface area contributed by atoms with Gasteiger partial charge in [0.15, 0.2) is 0 Å². The molecule has 3 nitrogen and oxygen atoms in total. The SMILES string of the molecule is CC(O)CC(C)CNC(=O)CSCc1cccc(Cl)c1. The van der Waals surface area contributed by atoms with E-state index < -0.39 is 0 Å². The van der Waals surface area contributed by atoms with Gasteiger partial charge in [0.2, 0.25) is 5.91 Å². The molecule has 0 heterocycles. The van der Waals surface area contributed by atoms with Crippen molar-refractivity contribution in [3.05, 3.63) is 34.9 Å². The van der Waals surface area contributed by atoms with E-state index in [1.165, 1.54) is 0 Å². The predicted molar refractivity (Wildman–Crippen MR) is 86.1 cm³/mol. The summed E-state index contributed by atoms with van der Waals surface area (Å²) in [7, 11) is 0. The van der Waals surface area contributed by atoms with Gasteiger partial charge in [-0.2, -0.15) is 0 Å². The Morgan fingerprint density at radius 2 is 2.20 bits per heavy atom. The van der Waals surface area contributed by atoms with Crippen LogP contribution in [0.1, 0.15) is 25.8 Å². The first-order valence-electron chi connectivity index (χ1n) is 6.74. The predicted octanol–water partition coefficient (Wildman–Crippen LogP) is 3.10. The lowest BCUT2D eigenvalue weighted by Gasteiger charge is -2.14. The van der Waals surface area contributed by atoms with Gasteiger partial charge >= 0.3 is 0 Å². The van der Waals surface area contributed by atoms with E-state index in [0.717, 1.165) is 16.3 Å². The number of hydrogen-bond donors (Lipinski definition) is 2. The highest BCUT2D eigenvalue weighted by Crippen LogP contribution is 2.16. The quantitative estimate of drug-likeness (QED) is 0.775. The number of thioether (sulfide) groups is 1. The van der Waals surface area contributed by atoms with Crippen LogP contribution in [0, 0.1) is 5.92 Å². The summed E-state index contributed by atoms with van der Waals surface area (Å²) in [5.41, 5.74) is 1.12. The zero-order chi connectivity index (χ0) is 15.0. The highest BCUT2D eigenvalue weighted by atomic mass is 35.5. The molecule has 0 fully saturated rings. The smallest absolute Gasteiger partial charge is 0.230 e. The van der Waals surface area contributed by atoms with Crippen molar-refractivity contribution in [3.63, 3.8) is 0 Å². The second kappa shape index (κ2) is 9.27. The normalized spacial score (nSPS) is 13.8. The van der Waals surface area contributed by atoms with E-state index in [2.05, 4.69) is 5.32 Å². The molecule has 0 aliphatic heterocycles. The maximum atomic E-state index is 11.7. The van der Waals surface area contributed by atoms with Gasteiger partial charge in [-0.3, -0.25) is 4.79 Å². The monoisotopic (exact) mass is 315 g/mol. The van der Waals surface area contributed by atoms with Crippen molar-refractivity contribution >= 4 is 29.3 Å². The Morgan fingerprint density at radius 3 is 2.85 bits per heavy atom. The van der Waals surface area contributed by atoms with Crippen LogP contribution in [0.4, 0.5) is 0 Å². The number of aliphatic hydroxyl groups excluding tert-OH is 1. The second-order valence-electron chi connectivity index (χ2n) is 5.12. The fourth-order valence-electron chi connectivity index (χ4n) is 1.89. The summed E-state index contributed by atoms with van der Waals surface area (Å²) in [4.78, 5) is 11.7. The number of aliphatic hydroxyl groups is 1. The lowest BCUT2D eigenvalue weighted by Crippen LogP contribution is -2.30. The minimum absolute atomic E-state index is 0.0365. The number of halogens is 1. The van der Waals surface area contributed by atoms with E-state index >= 15 is 0 Å². The number of benzene rings is 1. The molecule has 0 spiro atoms. The lowest BCUT2D eigenvalue weighted by molar-refractivity contribution is -0.118. The maximum Gasteiger partial charge on any atom is 0.230 e. The van der Waals surface area contributed by atoms with Gasteiger partial charge in [-0.05, 0) is 37.0 Å². The van der Waals surface area contributed by atoms with Crippen molar-refractivity contribution in [3.8, 4) is 0 Å². The Balaban J connectivity index is 2.17. The number of carbonyl (C=O) groups excluding carboxylic acids is 1. The van der Waals surface area contributed by atoms with E-state index in [0.29, 0.717) is 18.7 Å². The molecule has 2 unspecified atom stereocenters. The first kappa shape index (κ1) is 17.3. The van der Waals surface area contributed by atoms with Crippen LogP contribution in [0.2, 0.25) is 5.02 Å². The molecule has 0 bridgehead atoms. The standard InChI is InChI=1S/C15H22ClNO2S/c1-11(6-12(2)18)8-17-15(19)10-20-9-13-4-3-5-14(16)7-13/h3-5,7,11-12,18H,6,8-10H2,1-2H3,(H,17,19). The van der Waals surface area contributed by atoms with Crippen molar-refractivity contribution in [2.24, 2.45) is 5.92 Å². The van der Waals surface area contributed by atoms with Crippen molar-refractivity contribution in [1.29, 1.82) is 0 Å². The molecule has 1 aromatic rings. The summed E-state index contributed by atoms with van der Waals surface area (Å²) in [6.45, 7) is 4.40. The molecule has 0 saturated carbocycles. The minimum atomic E-state index is -0.320. The molecule has 2 N–H and O–H groups in total. The third kappa shape index (κ3) is 7.78. The molecule has 112 valence electrons. The maximum absolute atomic E-state index is 11.7. The van der Waals surface area contributed by atoms with Crippen LogP contribution in [0.3, 0.4) is 0 Å². The summed E-state index contributed by atoms with van der Waals surface area (Å²) >= 11 is 7.47. The molecule has 1 aromatic carbocycles. The van der Waals surface area contributed by atoms with Crippen molar-refractivity contribution in [2.75, 3.05) is 12.3 Å². The summed E-state index contributed by atoms with van der Waals surface area (Å²) in [5.74, 6) is 1.54. The van der Waals surface area contributed by atoms with Crippen molar-refractivity contribution in [1.82, 2.24) is 5.32 Å². The number of hydrogen-bond acceptors (Lipinski definition) is 3. The van der Waals surface area contributed by atoms with Gasteiger partial charge in [0.05, 0.1) is 11.9 Å². The molecule has 0 radical (unpaired) electrons. The van der Waals surface area contributed by atoms with Gasteiger partial charge in [-0.15, -0.1) is 11.8 Å². The van der Waals surface area contributed by atoms with E-state index in [-0.39, 0.29) is 17.9 Å². The highest BCUT2D eigenvalue weighted by molar-refractivity contribution is 7.99. The largest absolute Gasteiger partial charge is 0.393 e. The van der Waals surface area contributed by atoms with Crippen molar-refractivity contribution < 1.29 is 9.90 Å². The minimum Gasteiger partial charge on any atom is -0.393 e. The van der Waals surface area contributed by atoms with E-state index in [4.69, 9.17) is 11.6 Å². The zero-order valence-electron chi connectivity index (χ0n) is 11.9. The van der Waals surface area contributed by atoms with E-state index in [9.17, 15) is 9.90 Å². The summed E-state index contributed by atoms with van der Waals surface area (Å²) < 4.78 is 0. The first-order valence-corrected chi connectivity index (χ1v) is 8.27. The summed E-state index contributed by atoms with van der Waals surface area (Å²) in [6, 6.07) is 7.67. The average molecular weight is 316 g/mol. The van der Waals surface area contributed by atoms with Crippen LogP contribution in [0.5, 0.6) is 0 Å². The lowest BCUT2D eigenvalue weighted by atomic mass is 10.1. The van der Waals surface area contributed by atoms with E-state index in [1.807, 2.05) is 31.2 Å². The van der Waals surface area contributed by atoms with Crippen LogP contribution in [-0.4, -0.2) is 29.4 Å². The third-order valence-electron chi connectivity index (χ3n) is 2.78. The van der Waals surface area contributed by atoms with E-state index in [1.54, 1.807) is 18.7 Å². The molecule has 1 rings (SSSR count). The van der Waals surface area contributed by atoms with Gasteiger partial charge in [0, 0.05) is 17.3 Å². The Hall–Kier alpha value is -0.710. The third-order valence-corrected chi connectivity index (χ3v) is 4.02. The Kier molecular flexibility index (Phi) is 8.04. The zero-order valence-corrected chi connectivity index (χ0v) is 13.5. The van der Waals surface area contributed by atoms with Gasteiger partial charge in [-0.1, -0.05) is 30.7 Å². The molecule has 0 aliphatic rings. The van der Waals surface area contributed by atoms with Crippen LogP contribution in [0.25, 0.3) is 0 Å². The Labute approximate surface area is 130 Å². The van der Waals surface area contributed by atoms with Crippen LogP contribution < -0.4 is 5.32 Å². The second-order valence-corrected chi connectivity index (χ2v) is 6.54. The molecule has 0 saturated heterocycles. The summed E-state index contributed by atoms with van der Waals surface area (Å²) in [5, 5.41) is 12.9. The van der Waals surface area contributed by atoms with Crippen molar-refractivity contribution in [2.45, 2.75) is 32.1 Å². The number of amides is 1. The fourth-order valence-corrected chi connectivity index (χ4v) is 2.91. The molecular formula is C15H22ClNO2S. The molecule has 5 heteroatoms. The number of nitrogens with one attached hydrogen (secondary N) is 1. The fraction of sp³-hybridized carbons (Fsp3) is 0.533. The highest BCUT2D eigenvalue weighted by Gasteiger charge is 2.08. The molecule has 1 amide bonds. The molecule has 0 aromatic heterocycles. The Morgan fingerprint density at radius 1 is 1.45 bits per heavy atom. The average Bonchev–Trinajstić information content (AvgIpc) is 2.36. The van der Waals surface area contributed by atoms with Gasteiger partial charge in [0.25, 0.3) is 0 Å². The first-order chi connectivity index (χ1) is 9.47. The van der Waals surface area contributed by atoms with Crippen LogP contribution >= 0.6 is 23.4 Å². The molecule has 0 aliphatic carbocycles.